The molecule has 1 aliphatic heterocycles. The third kappa shape index (κ3) is 3.31. The molecule has 0 fully saturated rings. The van der Waals surface area contributed by atoms with Crippen molar-refractivity contribution < 1.29 is 18.0 Å². The van der Waals surface area contributed by atoms with Crippen molar-refractivity contribution in [1.29, 1.82) is 0 Å². The molecule has 5 aromatic rings. The molecule has 0 saturated carbocycles. The number of rotatable bonds is 4. The third-order valence-electron chi connectivity index (χ3n) is 5.72. The number of benzene rings is 1. The Balaban J connectivity index is 1.37. The molecule has 170 valence electrons. The summed E-state index contributed by atoms with van der Waals surface area (Å²) in [5.41, 5.74) is 3.11. The highest BCUT2D eigenvalue weighted by atomic mass is 19.3. The van der Waals surface area contributed by atoms with Crippen LogP contribution in [0, 0.1) is 0 Å². The molecule has 1 aromatic carbocycles. The predicted octanol–water partition coefficient (Wildman–Crippen LogP) is 3.39. The molecular weight excluding hydrogens is 446 g/mol. The summed E-state index contributed by atoms with van der Waals surface area (Å²) in [6, 6.07) is 12.3. The Morgan fingerprint density at radius 1 is 1.15 bits per heavy atom. The number of para-hydroxylation sites is 1. The third-order valence-corrected chi connectivity index (χ3v) is 5.72. The quantitative estimate of drug-likeness (QED) is 0.435. The minimum Gasteiger partial charge on any atom is -0.411 e. The normalized spacial score (nSPS) is 15.7. The maximum atomic E-state index is 13.5. The zero-order chi connectivity index (χ0) is 23.2. The second-order valence-corrected chi connectivity index (χ2v) is 7.72. The molecule has 10 nitrogen and oxygen atoms in total. The van der Waals surface area contributed by atoms with E-state index < -0.39 is 18.5 Å². The van der Waals surface area contributed by atoms with Crippen LogP contribution < -0.4 is 0 Å². The Morgan fingerprint density at radius 3 is 2.88 bits per heavy atom. The van der Waals surface area contributed by atoms with Crippen molar-refractivity contribution in [3.8, 4) is 11.6 Å². The van der Waals surface area contributed by atoms with Crippen molar-refractivity contribution in [3.63, 3.8) is 0 Å². The van der Waals surface area contributed by atoms with E-state index in [0.717, 1.165) is 22.8 Å². The summed E-state index contributed by atoms with van der Waals surface area (Å²) in [6.07, 6.45) is 3.25. The van der Waals surface area contributed by atoms with Gasteiger partial charge in [0, 0.05) is 30.2 Å². The molecule has 0 unspecified atom stereocenters. The summed E-state index contributed by atoms with van der Waals surface area (Å²) in [7, 11) is 0. The molecule has 0 aliphatic carbocycles. The number of fused-ring (bicyclic) bond motifs is 2. The van der Waals surface area contributed by atoms with Gasteiger partial charge in [-0.1, -0.05) is 24.3 Å². The first-order chi connectivity index (χ1) is 16.6. The number of amides is 1. The molecule has 12 heteroatoms. The molecule has 1 atom stereocenters. The van der Waals surface area contributed by atoms with Gasteiger partial charge in [-0.3, -0.25) is 9.78 Å². The summed E-state index contributed by atoms with van der Waals surface area (Å²) in [6.45, 7) is -2.44. The number of aromatic nitrogens is 7. The predicted molar refractivity (Wildman–Crippen MR) is 114 cm³/mol. The fourth-order valence-electron chi connectivity index (χ4n) is 4.13. The number of nitrogens with one attached hydrogen (secondary N) is 1. The molecule has 4 aromatic heterocycles. The number of alkyl halides is 2. The fourth-order valence-corrected chi connectivity index (χ4v) is 4.13. The number of hydrogen-bond donors (Lipinski definition) is 1. The van der Waals surface area contributed by atoms with E-state index in [9.17, 15) is 13.6 Å². The first-order valence-corrected chi connectivity index (χ1v) is 10.4. The van der Waals surface area contributed by atoms with Crippen LogP contribution in [-0.4, -0.2) is 52.3 Å². The molecular formula is C22H16F2N8O2. The van der Waals surface area contributed by atoms with Crippen LogP contribution in [0.3, 0.4) is 0 Å². The smallest absolute Gasteiger partial charge is 0.333 e. The molecule has 1 amide bonds. The number of hydrogen-bond acceptors (Lipinski definition) is 7. The zero-order valence-electron chi connectivity index (χ0n) is 17.5. The van der Waals surface area contributed by atoms with E-state index in [4.69, 9.17) is 9.40 Å². The van der Waals surface area contributed by atoms with Gasteiger partial charge in [0.1, 0.15) is 11.7 Å². The Morgan fingerprint density at radius 2 is 2.03 bits per heavy atom. The molecule has 0 bridgehead atoms. The monoisotopic (exact) mass is 462 g/mol. The highest BCUT2D eigenvalue weighted by molar-refractivity contribution is 5.90. The number of H-pyrrole nitrogens is 1. The minimum absolute atomic E-state index is 0.0489. The van der Waals surface area contributed by atoms with Crippen LogP contribution in [0.25, 0.3) is 22.5 Å². The molecule has 0 spiro atoms. The Hall–Kier alpha value is -4.48. The average Bonchev–Trinajstić information content (AvgIpc) is 3.62. The average molecular weight is 462 g/mol. The number of carbonyl (C=O) groups is 1. The van der Waals surface area contributed by atoms with Gasteiger partial charge in [0.25, 0.3) is 5.89 Å². The first kappa shape index (κ1) is 20.1. The summed E-state index contributed by atoms with van der Waals surface area (Å²) in [5, 5.41) is 12.4. The van der Waals surface area contributed by atoms with Crippen molar-refractivity contribution in [1.82, 2.24) is 39.8 Å². The largest absolute Gasteiger partial charge is 0.411 e. The van der Waals surface area contributed by atoms with Gasteiger partial charge in [0.15, 0.2) is 0 Å². The second-order valence-electron chi connectivity index (χ2n) is 7.72. The van der Waals surface area contributed by atoms with Gasteiger partial charge < -0.3 is 14.3 Å². The van der Waals surface area contributed by atoms with Gasteiger partial charge >= 0.3 is 18.3 Å². The van der Waals surface area contributed by atoms with Crippen LogP contribution in [0.2, 0.25) is 0 Å². The molecule has 0 radical (unpaired) electrons. The van der Waals surface area contributed by atoms with Gasteiger partial charge in [-0.25, -0.2) is 9.67 Å². The van der Waals surface area contributed by atoms with Crippen LogP contribution in [0.1, 0.15) is 40.4 Å². The van der Waals surface area contributed by atoms with Crippen molar-refractivity contribution >= 4 is 16.8 Å². The van der Waals surface area contributed by atoms with Crippen molar-refractivity contribution in [2.24, 2.45) is 0 Å². The molecule has 1 aliphatic rings. The summed E-state index contributed by atoms with van der Waals surface area (Å²) >= 11 is 0. The lowest BCUT2D eigenvalue weighted by atomic mass is 9.98. The standard InChI is InChI=1S/C22H16F2N8O2/c23-22(24)32-10-8-16(30-32)19-28-29-20(34-19)21(33)31-9-7-14-17(26-11-25-14)18(31)15-6-5-12-3-1-2-4-13(12)27-15/h1-6,8,10-11,18,22H,7,9H2,(H,25,26)/t18-/m1/s1. The fraction of sp³-hybridized carbons (Fsp3) is 0.182. The van der Waals surface area contributed by atoms with Crippen molar-refractivity contribution in [2.45, 2.75) is 19.0 Å². The SMILES string of the molecule is O=C(c1nnc(-c2ccn(C(F)F)n2)o1)N1CCc2[nH]cnc2[C@H]1c1ccc2ccccc2n1. The molecule has 34 heavy (non-hydrogen) atoms. The van der Waals surface area contributed by atoms with Gasteiger partial charge in [-0.05, 0) is 18.2 Å². The lowest BCUT2D eigenvalue weighted by molar-refractivity contribution is 0.0566. The van der Waals surface area contributed by atoms with Crippen LogP contribution >= 0.6 is 0 Å². The van der Waals surface area contributed by atoms with Crippen LogP contribution in [0.15, 0.2) is 59.4 Å². The van der Waals surface area contributed by atoms with E-state index in [2.05, 4.69) is 25.3 Å². The first-order valence-electron chi connectivity index (χ1n) is 10.4. The van der Waals surface area contributed by atoms with Gasteiger partial charge in [-0.2, -0.15) is 13.9 Å². The Labute approximate surface area is 190 Å². The highest BCUT2D eigenvalue weighted by Gasteiger charge is 2.37. The van der Waals surface area contributed by atoms with Crippen LogP contribution in [0.5, 0.6) is 0 Å². The topological polar surface area (TPSA) is 119 Å². The summed E-state index contributed by atoms with van der Waals surface area (Å²) < 4.78 is 31.6. The van der Waals surface area contributed by atoms with Crippen molar-refractivity contribution in [2.75, 3.05) is 6.54 Å². The summed E-state index contributed by atoms with van der Waals surface area (Å²) in [4.78, 5) is 27.4. The van der Waals surface area contributed by atoms with E-state index in [1.165, 1.54) is 6.07 Å². The number of imidazole rings is 1. The number of carbonyl (C=O) groups excluding carboxylic acids is 1. The van der Waals surface area contributed by atoms with Crippen LogP contribution in [0.4, 0.5) is 8.78 Å². The maximum absolute atomic E-state index is 13.5. The van der Waals surface area contributed by atoms with Gasteiger partial charge in [0.05, 0.1) is 23.2 Å². The minimum atomic E-state index is -2.80. The number of pyridine rings is 1. The van der Waals surface area contributed by atoms with E-state index in [1.54, 1.807) is 11.2 Å². The van der Waals surface area contributed by atoms with E-state index in [1.807, 2.05) is 36.4 Å². The lowest BCUT2D eigenvalue weighted by Gasteiger charge is -2.33. The van der Waals surface area contributed by atoms with Gasteiger partial charge in [-0.15, -0.1) is 10.2 Å². The summed E-state index contributed by atoms with van der Waals surface area (Å²) in [5.74, 6) is -0.910. The van der Waals surface area contributed by atoms with Gasteiger partial charge in [0.2, 0.25) is 0 Å². The lowest BCUT2D eigenvalue weighted by Crippen LogP contribution is -2.41. The van der Waals surface area contributed by atoms with E-state index in [-0.39, 0.29) is 17.5 Å². The van der Waals surface area contributed by atoms with E-state index in [0.29, 0.717) is 29.0 Å². The number of halogens is 2. The van der Waals surface area contributed by atoms with Crippen molar-refractivity contribution in [3.05, 3.63) is 78.0 Å². The number of nitrogens with zero attached hydrogens (tertiary/aromatic N) is 7. The molecule has 5 heterocycles. The van der Waals surface area contributed by atoms with E-state index >= 15 is 0 Å². The van der Waals surface area contributed by atoms with Crippen LogP contribution in [-0.2, 0) is 6.42 Å². The second kappa shape index (κ2) is 7.83. The molecule has 1 N–H and O–H groups in total. The number of aromatic amines is 1. The zero-order valence-corrected chi connectivity index (χ0v) is 17.5. The maximum Gasteiger partial charge on any atom is 0.333 e. The Kier molecular flexibility index (Phi) is 4.64. The highest BCUT2D eigenvalue weighted by Crippen LogP contribution is 2.34. The molecule has 6 rings (SSSR count). The molecule has 0 saturated heterocycles. The Bertz CT molecular complexity index is 1510.